The van der Waals surface area contributed by atoms with Gasteiger partial charge in [-0.3, -0.25) is 4.79 Å². The van der Waals surface area contributed by atoms with Gasteiger partial charge in [-0.1, -0.05) is 53.8 Å². The maximum Gasteiger partial charge on any atom is 0.276 e. The number of allylic oxidation sites excluding steroid dienone is 1. The molecule has 0 bridgehead atoms. The molecule has 0 saturated carbocycles. The van der Waals surface area contributed by atoms with Crippen molar-refractivity contribution in [2.24, 2.45) is 0 Å². The van der Waals surface area contributed by atoms with E-state index in [2.05, 4.69) is 46.7 Å². The molecule has 6 rings (SSSR count). The van der Waals surface area contributed by atoms with Crippen LogP contribution < -0.4 is 9.47 Å². The van der Waals surface area contributed by atoms with Crippen molar-refractivity contribution >= 4 is 12.0 Å². The normalized spacial score (nSPS) is 20.4. The minimum absolute atomic E-state index is 0.0552. The number of piperidine rings is 1. The second kappa shape index (κ2) is 7.51. The van der Waals surface area contributed by atoms with E-state index >= 15 is 0 Å². The molecule has 0 N–H and O–H groups in total. The number of amides is 1. The largest absolute Gasteiger partial charge is 0.486 e. The summed E-state index contributed by atoms with van der Waals surface area (Å²) in [6, 6.07) is 16.2. The molecule has 32 heavy (non-hydrogen) atoms. The highest BCUT2D eigenvalue weighted by atomic mass is 16.6. The molecule has 1 saturated heterocycles. The number of aromatic nitrogens is 3. The van der Waals surface area contributed by atoms with E-state index in [0.717, 1.165) is 24.3 Å². The van der Waals surface area contributed by atoms with Gasteiger partial charge in [0.2, 0.25) is 0 Å². The molecule has 1 atom stereocenters. The van der Waals surface area contributed by atoms with E-state index in [1.807, 2.05) is 29.2 Å². The van der Waals surface area contributed by atoms with Crippen LogP contribution in [0.5, 0.6) is 11.5 Å². The van der Waals surface area contributed by atoms with E-state index in [9.17, 15) is 4.79 Å². The summed E-state index contributed by atoms with van der Waals surface area (Å²) < 4.78 is 13.4. The number of carbonyl (C=O) groups is 1. The summed E-state index contributed by atoms with van der Waals surface area (Å²) in [6.07, 6.45) is 7.91. The van der Waals surface area contributed by atoms with Crippen molar-refractivity contribution in [2.75, 3.05) is 19.7 Å². The molecule has 7 nitrogen and oxygen atoms in total. The van der Waals surface area contributed by atoms with Crippen molar-refractivity contribution in [1.82, 2.24) is 19.9 Å². The first-order valence-corrected chi connectivity index (χ1v) is 11.1. The first kappa shape index (κ1) is 19.1. The van der Waals surface area contributed by atoms with Crippen molar-refractivity contribution in [3.63, 3.8) is 0 Å². The summed E-state index contributed by atoms with van der Waals surface area (Å²) in [7, 11) is 0. The molecule has 1 aliphatic carbocycles. The molecule has 162 valence electrons. The summed E-state index contributed by atoms with van der Waals surface area (Å²) in [5, 5.41) is 8.29. The Morgan fingerprint density at radius 3 is 2.72 bits per heavy atom. The summed E-state index contributed by atoms with van der Waals surface area (Å²) >= 11 is 0. The Bertz CT molecular complexity index is 1190. The van der Waals surface area contributed by atoms with E-state index in [1.165, 1.54) is 11.1 Å². The lowest BCUT2D eigenvalue weighted by atomic mass is 9.74. The van der Waals surface area contributed by atoms with Gasteiger partial charge in [0.15, 0.2) is 23.3 Å². The fraction of sp³-hybridized carbons (Fsp3) is 0.320. The van der Waals surface area contributed by atoms with Crippen LogP contribution in [0.3, 0.4) is 0 Å². The van der Waals surface area contributed by atoms with Crippen LogP contribution in [0.15, 0.2) is 60.8 Å². The Labute approximate surface area is 186 Å². The topological polar surface area (TPSA) is 69.5 Å². The first-order chi connectivity index (χ1) is 15.7. The van der Waals surface area contributed by atoms with Crippen LogP contribution >= 0.6 is 0 Å². The number of benzene rings is 2. The van der Waals surface area contributed by atoms with Crippen molar-refractivity contribution in [2.45, 2.75) is 30.9 Å². The third-order valence-corrected chi connectivity index (χ3v) is 6.74. The second-order valence-electron chi connectivity index (χ2n) is 8.69. The fourth-order valence-electron chi connectivity index (χ4n) is 4.99. The number of para-hydroxylation sites is 2. The zero-order chi connectivity index (χ0) is 21.5. The maximum atomic E-state index is 13.1. The highest BCUT2D eigenvalue weighted by Gasteiger charge is 2.39. The molecule has 1 fully saturated rings. The number of fused-ring (bicyclic) bond motifs is 3. The van der Waals surface area contributed by atoms with Gasteiger partial charge in [-0.05, 0) is 36.1 Å². The molecule has 3 aliphatic rings. The predicted molar refractivity (Wildman–Crippen MR) is 119 cm³/mol. The van der Waals surface area contributed by atoms with Crippen LogP contribution in [0.1, 0.15) is 34.5 Å². The second-order valence-corrected chi connectivity index (χ2v) is 8.69. The van der Waals surface area contributed by atoms with E-state index < -0.39 is 0 Å². The monoisotopic (exact) mass is 428 g/mol. The van der Waals surface area contributed by atoms with Gasteiger partial charge in [0.1, 0.15) is 6.61 Å². The number of ether oxygens (including phenoxy) is 2. The van der Waals surface area contributed by atoms with Crippen LogP contribution in [0.2, 0.25) is 0 Å². The molecule has 0 radical (unpaired) electrons. The Kier molecular flexibility index (Phi) is 4.48. The van der Waals surface area contributed by atoms with Gasteiger partial charge in [-0.15, -0.1) is 5.10 Å². The predicted octanol–water partition coefficient (Wildman–Crippen LogP) is 3.32. The molecule has 1 amide bonds. The molecule has 2 aromatic carbocycles. The smallest absolute Gasteiger partial charge is 0.276 e. The van der Waals surface area contributed by atoms with Crippen molar-refractivity contribution in [1.29, 1.82) is 0 Å². The van der Waals surface area contributed by atoms with Gasteiger partial charge in [0, 0.05) is 18.5 Å². The highest BCUT2D eigenvalue weighted by Crippen LogP contribution is 2.43. The number of hydrogen-bond donors (Lipinski definition) is 0. The summed E-state index contributed by atoms with van der Waals surface area (Å²) in [5.74, 6) is 1.42. The highest BCUT2D eigenvalue weighted by molar-refractivity contribution is 5.92. The van der Waals surface area contributed by atoms with Crippen LogP contribution in [0, 0.1) is 0 Å². The van der Waals surface area contributed by atoms with Gasteiger partial charge in [0.25, 0.3) is 5.91 Å². The first-order valence-electron chi connectivity index (χ1n) is 11.1. The number of rotatable bonds is 3. The quantitative estimate of drug-likeness (QED) is 0.640. The van der Waals surface area contributed by atoms with Crippen LogP contribution in [-0.4, -0.2) is 51.6 Å². The third kappa shape index (κ3) is 3.25. The van der Waals surface area contributed by atoms with Gasteiger partial charge < -0.3 is 14.4 Å². The molecule has 7 heteroatoms. The van der Waals surface area contributed by atoms with Crippen LogP contribution in [0.4, 0.5) is 0 Å². The number of likely N-dealkylation sites (tertiary alicyclic amines) is 1. The minimum atomic E-state index is -0.182. The lowest BCUT2D eigenvalue weighted by Crippen LogP contribution is -2.44. The number of carbonyl (C=O) groups excluding carboxylic acids is 1. The Morgan fingerprint density at radius 2 is 1.84 bits per heavy atom. The van der Waals surface area contributed by atoms with E-state index in [1.54, 1.807) is 10.9 Å². The van der Waals surface area contributed by atoms with Crippen molar-refractivity contribution in [3.05, 3.63) is 77.6 Å². The van der Waals surface area contributed by atoms with Gasteiger partial charge in [-0.2, -0.15) is 0 Å². The average Bonchev–Trinajstić information content (AvgIpc) is 3.45. The molecule has 3 heterocycles. The molecular weight excluding hydrogens is 404 g/mol. The molecule has 1 spiro atoms. The summed E-state index contributed by atoms with van der Waals surface area (Å²) in [6.45, 7) is 2.32. The standard InChI is InChI=1S/C25H24N4O3/c30-24(28-13-11-25(12-14-28)10-9-18-5-1-2-6-20(18)25)21-16-29(27-26-21)15-19-17-31-22-7-3-4-8-23(22)32-19/h1-10,16,19H,11-15,17H2/t19-/m0/s1. The van der Waals surface area contributed by atoms with Crippen molar-refractivity contribution < 1.29 is 14.3 Å². The molecule has 1 aromatic heterocycles. The molecule has 2 aliphatic heterocycles. The minimum Gasteiger partial charge on any atom is -0.486 e. The lowest BCUT2D eigenvalue weighted by Gasteiger charge is -2.39. The van der Waals surface area contributed by atoms with E-state index in [4.69, 9.17) is 9.47 Å². The Hall–Kier alpha value is -3.61. The van der Waals surface area contributed by atoms with Crippen LogP contribution in [-0.2, 0) is 12.0 Å². The lowest BCUT2D eigenvalue weighted by molar-refractivity contribution is 0.0683. The SMILES string of the molecule is O=C(c1cn(C[C@H]2COc3ccccc3O2)nn1)N1CCC2(C=Cc3ccccc32)CC1. The van der Waals surface area contributed by atoms with Gasteiger partial charge in [0.05, 0.1) is 12.7 Å². The molecule has 3 aromatic rings. The average molecular weight is 428 g/mol. The maximum absolute atomic E-state index is 13.1. The fourth-order valence-corrected chi connectivity index (χ4v) is 4.99. The zero-order valence-electron chi connectivity index (χ0n) is 17.7. The van der Waals surface area contributed by atoms with Crippen molar-refractivity contribution in [3.8, 4) is 11.5 Å². The van der Waals surface area contributed by atoms with Gasteiger partial charge in [-0.25, -0.2) is 4.68 Å². The molecule has 0 unspecified atom stereocenters. The van der Waals surface area contributed by atoms with E-state index in [-0.39, 0.29) is 17.4 Å². The number of hydrogen-bond acceptors (Lipinski definition) is 5. The Morgan fingerprint density at radius 1 is 1.06 bits per heavy atom. The third-order valence-electron chi connectivity index (χ3n) is 6.74. The summed E-state index contributed by atoms with van der Waals surface area (Å²) in [5.41, 5.74) is 3.11. The Balaban J connectivity index is 1.09. The molecular formula is C25H24N4O3. The number of nitrogens with zero attached hydrogens (tertiary/aromatic N) is 4. The van der Waals surface area contributed by atoms with Gasteiger partial charge >= 0.3 is 0 Å². The zero-order valence-corrected chi connectivity index (χ0v) is 17.7. The van der Waals surface area contributed by atoms with Crippen LogP contribution in [0.25, 0.3) is 6.08 Å². The van der Waals surface area contributed by atoms with E-state index in [0.29, 0.717) is 31.9 Å². The summed E-state index contributed by atoms with van der Waals surface area (Å²) in [4.78, 5) is 14.9.